The number of carbonyl (C=O) groups excluding carboxylic acids is 1. The second-order valence-electron chi connectivity index (χ2n) is 5.48. The lowest BCUT2D eigenvalue weighted by atomic mass is 9.97. The van der Waals surface area contributed by atoms with Crippen LogP contribution in [0.15, 0.2) is 76.2 Å². The van der Waals surface area contributed by atoms with Crippen LogP contribution in [0.1, 0.15) is 11.5 Å². The summed E-state index contributed by atoms with van der Waals surface area (Å²) in [7, 11) is 1.45. The van der Waals surface area contributed by atoms with Crippen molar-refractivity contribution in [2.75, 3.05) is 5.43 Å². The van der Waals surface area contributed by atoms with Crippen molar-refractivity contribution in [3.05, 3.63) is 71.8 Å². The van der Waals surface area contributed by atoms with Crippen LogP contribution < -0.4 is 5.43 Å². The number of halogens is 1. The van der Waals surface area contributed by atoms with E-state index in [1.54, 1.807) is 6.08 Å². The summed E-state index contributed by atoms with van der Waals surface area (Å²) in [6.07, 6.45) is 1.58. The van der Waals surface area contributed by atoms with Gasteiger partial charge >= 0.3 is 0 Å². The Hall–Kier alpha value is -2.95. The largest absolute Gasteiger partial charge is 0.291 e. The number of Topliss-reactive ketones (excluding diaryl/α,β-unsaturated/α-hetero) is 1. The van der Waals surface area contributed by atoms with Gasteiger partial charge in [-0.15, -0.1) is 0 Å². The van der Waals surface area contributed by atoms with Gasteiger partial charge < -0.3 is 0 Å². The molecule has 0 aliphatic heterocycles. The summed E-state index contributed by atoms with van der Waals surface area (Å²) in [5.41, 5.74) is 4.14. The van der Waals surface area contributed by atoms with Crippen molar-refractivity contribution in [1.82, 2.24) is 0 Å². The zero-order valence-corrected chi connectivity index (χ0v) is 14.8. The third-order valence-corrected chi connectivity index (χ3v) is 5.19. The second-order valence-corrected chi connectivity index (χ2v) is 8.05. The quantitative estimate of drug-likeness (QED) is 0.643. The Bertz CT molecular complexity index is 1050. The third kappa shape index (κ3) is 3.67. The lowest BCUT2D eigenvalue weighted by molar-refractivity contribution is -0.113. The van der Waals surface area contributed by atoms with Gasteiger partial charge in [0.1, 0.15) is 11.8 Å². The van der Waals surface area contributed by atoms with E-state index in [4.69, 9.17) is 10.7 Å². The number of nitriles is 1. The van der Waals surface area contributed by atoms with Crippen LogP contribution in [0.3, 0.4) is 0 Å². The van der Waals surface area contributed by atoms with Gasteiger partial charge in [0.2, 0.25) is 0 Å². The molecule has 3 rings (SSSR count). The predicted molar refractivity (Wildman–Crippen MR) is 98.4 cm³/mol. The molecule has 0 saturated carbocycles. The maximum Gasteiger partial charge on any atom is 0.261 e. The molecular weight excluding hydrogens is 374 g/mol. The van der Waals surface area contributed by atoms with Crippen LogP contribution in [-0.4, -0.2) is 19.9 Å². The van der Waals surface area contributed by atoms with E-state index >= 15 is 0 Å². The molecule has 1 unspecified atom stereocenters. The highest BCUT2D eigenvalue weighted by molar-refractivity contribution is 8.13. The van der Waals surface area contributed by atoms with Crippen LogP contribution in [0.25, 0.3) is 0 Å². The number of hydrogen-bond acceptors (Lipinski definition) is 6. The van der Waals surface area contributed by atoms with Crippen LogP contribution in [0, 0.1) is 11.3 Å². The first-order chi connectivity index (χ1) is 12.4. The molecule has 0 amide bonds. The van der Waals surface area contributed by atoms with Gasteiger partial charge in [0, 0.05) is 10.7 Å². The summed E-state index contributed by atoms with van der Waals surface area (Å²) in [4.78, 5) is 12.6. The minimum Gasteiger partial charge on any atom is -0.291 e. The summed E-state index contributed by atoms with van der Waals surface area (Å²) >= 11 is 0. The van der Waals surface area contributed by atoms with Crippen LogP contribution >= 0.6 is 10.7 Å². The SMILES string of the molecule is N#CC1=CC(c2ccccc2)C(=O)/C1=N\Nc1ccc(S(=O)(=O)Cl)cc1. The number of carbonyl (C=O) groups is 1. The van der Waals surface area contributed by atoms with E-state index in [9.17, 15) is 18.5 Å². The minimum absolute atomic E-state index is 0.0374. The van der Waals surface area contributed by atoms with E-state index in [1.807, 2.05) is 36.4 Å². The van der Waals surface area contributed by atoms with Gasteiger partial charge in [-0.1, -0.05) is 30.3 Å². The van der Waals surface area contributed by atoms with Crippen LogP contribution in [0.2, 0.25) is 0 Å². The number of nitrogens with zero attached hydrogens (tertiary/aromatic N) is 2. The lowest BCUT2D eigenvalue weighted by Crippen LogP contribution is -2.16. The Labute approximate surface area is 154 Å². The number of anilines is 1. The fourth-order valence-electron chi connectivity index (χ4n) is 2.53. The highest BCUT2D eigenvalue weighted by Crippen LogP contribution is 2.28. The van der Waals surface area contributed by atoms with Gasteiger partial charge in [-0.3, -0.25) is 10.2 Å². The van der Waals surface area contributed by atoms with Gasteiger partial charge in [0.15, 0.2) is 5.78 Å². The van der Waals surface area contributed by atoms with E-state index in [0.29, 0.717) is 5.69 Å². The number of nitrogens with one attached hydrogen (secondary N) is 1. The Morgan fingerprint density at radius 1 is 1.08 bits per heavy atom. The van der Waals surface area contributed by atoms with Crippen LogP contribution in [0.5, 0.6) is 0 Å². The van der Waals surface area contributed by atoms with Crippen molar-refractivity contribution in [1.29, 1.82) is 5.26 Å². The molecule has 1 atom stereocenters. The molecular formula is C18H12ClN3O3S. The Morgan fingerprint density at radius 3 is 2.31 bits per heavy atom. The van der Waals surface area contributed by atoms with Crippen molar-refractivity contribution < 1.29 is 13.2 Å². The third-order valence-electron chi connectivity index (χ3n) is 3.82. The summed E-state index contributed by atoms with van der Waals surface area (Å²) in [6.45, 7) is 0. The summed E-state index contributed by atoms with van der Waals surface area (Å²) in [5.74, 6) is -0.824. The molecule has 0 saturated heterocycles. The number of hydrazone groups is 1. The molecule has 1 N–H and O–H groups in total. The minimum atomic E-state index is -3.81. The molecule has 0 bridgehead atoms. The highest BCUT2D eigenvalue weighted by atomic mass is 35.7. The Balaban J connectivity index is 1.84. The average Bonchev–Trinajstić information content (AvgIpc) is 2.96. The van der Waals surface area contributed by atoms with Gasteiger partial charge in [0.25, 0.3) is 9.05 Å². The first kappa shape index (κ1) is 17.9. The van der Waals surface area contributed by atoms with Gasteiger partial charge in [0.05, 0.1) is 22.1 Å². The predicted octanol–water partition coefficient (Wildman–Crippen LogP) is 3.20. The molecule has 0 radical (unpaired) electrons. The zero-order valence-electron chi connectivity index (χ0n) is 13.3. The lowest BCUT2D eigenvalue weighted by Gasteiger charge is -2.06. The standard InChI is InChI=1S/C18H12ClN3O3S/c19-26(24,25)15-8-6-14(7-9-15)21-22-17-13(11-20)10-16(18(17)23)12-4-2-1-3-5-12/h1-10,16,21H/b22-17-. The summed E-state index contributed by atoms with van der Waals surface area (Å²) < 4.78 is 22.5. The number of benzene rings is 2. The molecule has 1 aliphatic carbocycles. The molecule has 0 fully saturated rings. The van der Waals surface area contributed by atoms with Crippen molar-refractivity contribution in [2.24, 2.45) is 5.10 Å². The Morgan fingerprint density at radius 2 is 1.73 bits per heavy atom. The van der Waals surface area contributed by atoms with E-state index in [0.717, 1.165) is 5.56 Å². The number of allylic oxidation sites excluding steroid dienone is 2. The second kappa shape index (κ2) is 7.12. The molecule has 2 aromatic carbocycles. The molecule has 26 heavy (non-hydrogen) atoms. The highest BCUT2D eigenvalue weighted by Gasteiger charge is 2.33. The molecule has 8 heteroatoms. The van der Waals surface area contributed by atoms with Gasteiger partial charge in [-0.2, -0.15) is 10.4 Å². The fraction of sp³-hybridized carbons (Fsp3) is 0.0556. The monoisotopic (exact) mass is 385 g/mol. The molecule has 2 aromatic rings. The zero-order chi connectivity index (χ0) is 18.7. The summed E-state index contributed by atoms with van der Waals surface area (Å²) in [6, 6.07) is 16.7. The molecule has 0 spiro atoms. The Kier molecular flexibility index (Phi) is 4.89. The topological polar surface area (TPSA) is 99.4 Å². The molecule has 130 valence electrons. The summed E-state index contributed by atoms with van der Waals surface area (Å²) in [5, 5.41) is 13.3. The van der Waals surface area contributed by atoms with Crippen molar-refractivity contribution in [2.45, 2.75) is 10.8 Å². The molecule has 1 aliphatic rings. The molecule has 0 aromatic heterocycles. The number of hydrogen-bond donors (Lipinski definition) is 1. The maximum absolute atomic E-state index is 12.6. The number of ketones is 1. The van der Waals surface area contributed by atoms with Gasteiger partial charge in [-0.25, -0.2) is 8.42 Å². The van der Waals surface area contributed by atoms with Crippen LogP contribution in [-0.2, 0) is 13.8 Å². The van der Waals surface area contributed by atoms with Crippen molar-refractivity contribution >= 4 is 36.9 Å². The normalized spacial score (nSPS) is 18.5. The van der Waals surface area contributed by atoms with Crippen LogP contribution in [0.4, 0.5) is 5.69 Å². The van der Waals surface area contributed by atoms with E-state index in [1.165, 1.54) is 24.3 Å². The fourth-order valence-corrected chi connectivity index (χ4v) is 3.30. The first-order valence-electron chi connectivity index (χ1n) is 7.50. The van der Waals surface area contributed by atoms with E-state index in [2.05, 4.69) is 10.5 Å². The van der Waals surface area contributed by atoms with E-state index < -0.39 is 15.0 Å². The molecule has 6 nitrogen and oxygen atoms in total. The number of rotatable bonds is 4. The maximum atomic E-state index is 12.6. The van der Waals surface area contributed by atoms with E-state index in [-0.39, 0.29) is 22.0 Å². The van der Waals surface area contributed by atoms with Crippen molar-refractivity contribution in [3.8, 4) is 6.07 Å². The first-order valence-corrected chi connectivity index (χ1v) is 9.81. The van der Waals surface area contributed by atoms with Crippen molar-refractivity contribution in [3.63, 3.8) is 0 Å². The smallest absolute Gasteiger partial charge is 0.261 e. The molecule has 0 heterocycles. The van der Waals surface area contributed by atoms with Gasteiger partial charge in [-0.05, 0) is 35.9 Å². The average molecular weight is 386 g/mol.